The van der Waals surface area contributed by atoms with E-state index in [4.69, 9.17) is 5.73 Å². The summed E-state index contributed by atoms with van der Waals surface area (Å²) >= 11 is 0. The van der Waals surface area contributed by atoms with Gasteiger partial charge >= 0.3 is 0 Å². The Kier molecular flexibility index (Phi) is 1.96. The second-order valence-corrected chi connectivity index (χ2v) is 6.47. The summed E-state index contributed by atoms with van der Waals surface area (Å²) in [6, 6.07) is 0. The van der Waals surface area contributed by atoms with Gasteiger partial charge < -0.3 is 5.73 Å². The second-order valence-electron chi connectivity index (χ2n) is 6.47. The molecule has 4 saturated carbocycles. The van der Waals surface area contributed by atoms with Gasteiger partial charge in [0.1, 0.15) is 0 Å². The Bertz CT molecular complexity index is 401. The maximum atomic E-state index is 5.64. The summed E-state index contributed by atoms with van der Waals surface area (Å²) in [5, 5.41) is 9.10. The van der Waals surface area contributed by atoms with Crippen molar-refractivity contribution in [3.05, 3.63) is 11.9 Å². The smallest absolute Gasteiger partial charge is 0.0963 e. The summed E-state index contributed by atoms with van der Waals surface area (Å²) in [5.74, 6) is 2.82. The van der Waals surface area contributed by atoms with Crippen LogP contribution < -0.4 is 5.73 Å². The van der Waals surface area contributed by atoms with Gasteiger partial charge in [0.15, 0.2) is 0 Å². The molecule has 0 spiro atoms. The summed E-state index contributed by atoms with van der Waals surface area (Å²) in [6.07, 6.45) is 10.1. The van der Waals surface area contributed by atoms with E-state index in [0.29, 0.717) is 6.54 Å². The van der Waals surface area contributed by atoms with Gasteiger partial charge in [0.05, 0.1) is 17.4 Å². The number of nitrogens with two attached hydrogens (primary N) is 1. The molecule has 17 heavy (non-hydrogen) atoms. The maximum absolute atomic E-state index is 5.64. The zero-order valence-electron chi connectivity index (χ0n) is 10.2. The van der Waals surface area contributed by atoms with Crippen LogP contribution in [0.5, 0.6) is 0 Å². The quantitative estimate of drug-likeness (QED) is 0.843. The van der Waals surface area contributed by atoms with Crippen molar-refractivity contribution in [2.45, 2.75) is 50.6 Å². The third-order valence-corrected chi connectivity index (χ3v) is 5.18. The fourth-order valence-electron chi connectivity index (χ4n) is 4.93. The molecule has 0 unspecified atom stereocenters. The topological polar surface area (TPSA) is 56.7 Å². The van der Waals surface area contributed by atoms with Gasteiger partial charge in [-0.15, -0.1) is 0 Å². The lowest BCUT2D eigenvalue weighted by molar-refractivity contribution is -0.0568. The molecule has 4 fully saturated rings. The molecule has 92 valence electrons. The van der Waals surface area contributed by atoms with Crippen LogP contribution in [0.15, 0.2) is 6.20 Å². The molecule has 1 heterocycles. The molecule has 1 aromatic rings. The van der Waals surface area contributed by atoms with Gasteiger partial charge in [-0.1, -0.05) is 0 Å². The van der Waals surface area contributed by atoms with Crippen LogP contribution in [0.3, 0.4) is 0 Å². The molecule has 0 saturated heterocycles. The van der Waals surface area contributed by atoms with Crippen molar-refractivity contribution < 1.29 is 0 Å². The number of hydrogen-bond acceptors (Lipinski definition) is 3. The van der Waals surface area contributed by atoms with Crippen LogP contribution in [-0.2, 0) is 12.1 Å². The number of rotatable bonds is 2. The monoisotopic (exact) mass is 232 g/mol. The molecule has 0 radical (unpaired) electrons. The minimum Gasteiger partial charge on any atom is -0.325 e. The minimum atomic E-state index is 0.252. The van der Waals surface area contributed by atoms with E-state index in [0.717, 1.165) is 23.4 Å². The summed E-state index contributed by atoms with van der Waals surface area (Å²) < 4.78 is 0. The molecule has 4 nitrogen and oxygen atoms in total. The van der Waals surface area contributed by atoms with Crippen molar-refractivity contribution in [1.82, 2.24) is 15.0 Å². The SMILES string of the molecule is NCc1cnn(C23CC4CC(CC(C4)C2)C3)n1. The lowest BCUT2D eigenvalue weighted by Gasteiger charge is -2.55. The Morgan fingerprint density at radius 3 is 2.24 bits per heavy atom. The zero-order valence-corrected chi connectivity index (χ0v) is 10.2. The number of aromatic nitrogens is 3. The first kappa shape index (κ1) is 10.1. The highest BCUT2D eigenvalue weighted by Crippen LogP contribution is 2.58. The Labute approximate surface area is 102 Å². The van der Waals surface area contributed by atoms with Crippen molar-refractivity contribution in [3.63, 3.8) is 0 Å². The Morgan fingerprint density at radius 1 is 1.18 bits per heavy atom. The third-order valence-electron chi connectivity index (χ3n) is 5.18. The maximum Gasteiger partial charge on any atom is 0.0963 e. The molecule has 0 atom stereocenters. The molecule has 4 bridgehead atoms. The molecule has 5 rings (SSSR count). The van der Waals surface area contributed by atoms with E-state index in [1.165, 1.54) is 38.5 Å². The van der Waals surface area contributed by atoms with Crippen LogP contribution in [0, 0.1) is 17.8 Å². The Balaban J connectivity index is 1.72. The molecular formula is C13H20N4. The molecular weight excluding hydrogens is 212 g/mol. The van der Waals surface area contributed by atoms with Gasteiger partial charge in [-0.25, -0.2) is 0 Å². The predicted molar refractivity (Wildman–Crippen MR) is 64.1 cm³/mol. The molecule has 0 amide bonds. The van der Waals surface area contributed by atoms with Gasteiger partial charge in [-0.3, -0.25) is 0 Å². The first-order valence-electron chi connectivity index (χ1n) is 6.89. The van der Waals surface area contributed by atoms with E-state index in [-0.39, 0.29) is 5.54 Å². The Morgan fingerprint density at radius 2 is 1.76 bits per heavy atom. The molecule has 4 aliphatic carbocycles. The third kappa shape index (κ3) is 1.39. The average molecular weight is 232 g/mol. The van der Waals surface area contributed by atoms with Crippen molar-refractivity contribution in [1.29, 1.82) is 0 Å². The fraction of sp³-hybridized carbons (Fsp3) is 0.846. The van der Waals surface area contributed by atoms with Gasteiger partial charge in [-0.2, -0.15) is 15.0 Å². The van der Waals surface area contributed by atoms with Crippen molar-refractivity contribution in [2.24, 2.45) is 23.5 Å². The number of hydrogen-bond donors (Lipinski definition) is 1. The van der Waals surface area contributed by atoms with Gasteiger partial charge in [-0.05, 0) is 56.3 Å². The summed E-state index contributed by atoms with van der Waals surface area (Å²) in [4.78, 5) is 2.03. The van der Waals surface area contributed by atoms with Crippen molar-refractivity contribution in [2.75, 3.05) is 0 Å². The van der Waals surface area contributed by atoms with Crippen LogP contribution in [0.1, 0.15) is 44.2 Å². The van der Waals surface area contributed by atoms with Crippen molar-refractivity contribution >= 4 is 0 Å². The second kappa shape index (κ2) is 3.31. The molecule has 4 aliphatic rings. The van der Waals surface area contributed by atoms with Crippen LogP contribution >= 0.6 is 0 Å². The fourth-order valence-corrected chi connectivity index (χ4v) is 4.93. The molecule has 0 aromatic carbocycles. The van der Waals surface area contributed by atoms with E-state index in [9.17, 15) is 0 Å². The Hall–Kier alpha value is -0.900. The van der Waals surface area contributed by atoms with Gasteiger partial charge in [0, 0.05) is 6.54 Å². The molecule has 4 heteroatoms. The highest BCUT2D eigenvalue weighted by Gasteiger charge is 2.53. The van der Waals surface area contributed by atoms with Gasteiger partial charge in [0.2, 0.25) is 0 Å². The van der Waals surface area contributed by atoms with E-state index in [1.807, 2.05) is 11.0 Å². The zero-order chi connectivity index (χ0) is 11.5. The standard InChI is InChI=1S/C13H20N4/c14-7-12-8-15-17(16-12)13-4-9-1-10(5-13)3-11(2-9)6-13/h8-11H,1-7,14H2. The van der Waals surface area contributed by atoms with Crippen LogP contribution in [0.2, 0.25) is 0 Å². The lowest BCUT2D eigenvalue weighted by Crippen LogP contribution is -2.52. The number of nitrogens with zero attached hydrogens (tertiary/aromatic N) is 3. The van der Waals surface area contributed by atoms with E-state index >= 15 is 0 Å². The van der Waals surface area contributed by atoms with Crippen LogP contribution in [-0.4, -0.2) is 15.0 Å². The first-order chi connectivity index (χ1) is 8.27. The summed E-state index contributed by atoms with van der Waals surface area (Å²) in [5.41, 5.74) is 6.82. The minimum absolute atomic E-state index is 0.252. The normalized spacial score (nSPS) is 43.2. The van der Waals surface area contributed by atoms with E-state index in [2.05, 4.69) is 10.2 Å². The summed E-state index contributed by atoms with van der Waals surface area (Å²) in [6.45, 7) is 0.506. The molecule has 1 aromatic heterocycles. The highest BCUT2D eigenvalue weighted by molar-refractivity contribution is 5.04. The lowest BCUT2D eigenvalue weighted by atomic mass is 9.53. The molecule has 2 N–H and O–H groups in total. The highest BCUT2D eigenvalue weighted by atomic mass is 15.5. The average Bonchev–Trinajstić information content (AvgIpc) is 2.76. The first-order valence-corrected chi connectivity index (χ1v) is 6.89. The van der Waals surface area contributed by atoms with E-state index in [1.54, 1.807) is 0 Å². The van der Waals surface area contributed by atoms with Gasteiger partial charge in [0.25, 0.3) is 0 Å². The van der Waals surface area contributed by atoms with Crippen LogP contribution in [0.25, 0.3) is 0 Å². The molecule has 0 aliphatic heterocycles. The van der Waals surface area contributed by atoms with Crippen molar-refractivity contribution in [3.8, 4) is 0 Å². The van der Waals surface area contributed by atoms with E-state index < -0.39 is 0 Å². The summed E-state index contributed by atoms with van der Waals surface area (Å²) in [7, 11) is 0. The largest absolute Gasteiger partial charge is 0.325 e. The van der Waals surface area contributed by atoms with Crippen LogP contribution in [0.4, 0.5) is 0 Å². The predicted octanol–water partition coefficient (Wildman–Crippen LogP) is 1.66.